The third-order valence-corrected chi connectivity index (χ3v) is 5.77. The predicted molar refractivity (Wildman–Crippen MR) is 103 cm³/mol. The Hall–Kier alpha value is -1.68. The molecule has 0 radical (unpaired) electrons. The number of amides is 1. The molecule has 1 aromatic heterocycles. The maximum Gasteiger partial charge on any atom is 0.407 e. The maximum atomic E-state index is 11.7. The average Bonchev–Trinajstić information content (AvgIpc) is 3.06. The third-order valence-electron chi connectivity index (χ3n) is 5.28. The van der Waals surface area contributed by atoms with E-state index in [9.17, 15) is 9.90 Å². The molecule has 0 saturated heterocycles. The molecule has 3 rings (SSSR count). The number of aromatic nitrogens is 1. The number of hydrogen-bond donors (Lipinski definition) is 1. The fourth-order valence-corrected chi connectivity index (χ4v) is 4.33. The van der Waals surface area contributed by atoms with Crippen LogP contribution in [0.1, 0.15) is 57.0 Å². The standard InChI is InChI=1S/C20H27ClN2O2/c1-12-9-10-16-17(18(12)21)14-7-6-8-15(14)23(16)13(2)11-22(19(24)25)20(3,4)5/h9-10,13H,6-8,11H2,1-5H3,(H,24,25). The molecule has 1 aliphatic rings. The van der Waals surface area contributed by atoms with Crippen molar-refractivity contribution in [3.8, 4) is 0 Å². The first kappa shape index (κ1) is 18.1. The highest BCUT2D eigenvalue weighted by Crippen LogP contribution is 2.40. The number of benzene rings is 1. The van der Waals surface area contributed by atoms with Gasteiger partial charge in [-0.05, 0) is 71.1 Å². The van der Waals surface area contributed by atoms with E-state index in [1.165, 1.54) is 21.5 Å². The first-order chi connectivity index (χ1) is 11.6. The zero-order chi connectivity index (χ0) is 18.5. The number of halogens is 1. The van der Waals surface area contributed by atoms with Crippen molar-refractivity contribution in [2.24, 2.45) is 0 Å². The molecule has 1 atom stereocenters. The highest BCUT2D eigenvalue weighted by atomic mass is 35.5. The van der Waals surface area contributed by atoms with E-state index in [4.69, 9.17) is 11.6 Å². The minimum absolute atomic E-state index is 0.0541. The zero-order valence-electron chi connectivity index (χ0n) is 15.7. The van der Waals surface area contributed by atoms with Gasteiger partial charge < -0.3 is 14.6 Å². The molecule has 0 aliphatic heterocycles. The summed E-state index contributed by atoms with van der Waals surface area (Å²) in [5.41, 5.74) is 4.48. The van der Waals surface area contributed by atoms with Gasteiger partial charge in [-0.25, -0.2) is 4.79 Å². The van der Waals surface area contributed by atoms with E-state index in [2.05, 4.69) is 23.6 Å². The summed E-state index contributed by atoms with van der Waals surface area (Å²) in [5, 5.41) is 11.6. The van der Waals surface area contributed by atoms with Gasteiger partial charge in [-0.3, -0.25) is 0 Å². The van der Waals surface area contributed by atoms with E-state index in [1.807, 2.05) is 27.7 Å². The van der Waals surface area contributed by atoms with Crippen LogP contribution in [0.3, 0.4) is 0 Å². The van der Waals surface area contributed by atoms with Gasteiger partial charge in [-0.2, -0.15) is 0 Å². The Bertz CT molecular complexity index is 833. The number of hydrogen-bond acceptors (Lipinski definition) is 1. The van der Waals surface area contributed by atoms with Crippen molar-refractivity contribution in [1.29, 1.82) is 0 Å². The van der Waals surface area contributed by atoms with Crippen LogP contribution in [0.25, 0.3) is 10.9 Å². The molecule has 1 unspecified atom stereocenters. The lowest BCUT2D eigenvalue weighted by atomic mass is 10.1. The molecule has 2 aromatic rings. The van der Waals surface area contributed by atoms with Crippen LogP contribution in [0.2, 0.25) is 5.02 Å². The van der Waals surface area contributed by atoms with Crippen LogP contribution < -0.4 is 0 Å². The predicted octanol–water partition coefficient (Wildman–Crippen LogP) is 5.43. The van der Waals surface area contributed by atoms with Gasteiger partial charge >= 0.3 is 6.09 Å². The number of carbonyl (C=O) groups is 1. The summed E-state index contributed by atoms with van der Waals surface area (Å²) in [6.45, 7) is 10.4. The Balaban J connectivity index is 2.10. The van der Waals surface area contributed by atoms with Crippen molar-refractivity contribution < 1.29 is 9.90 Å². The molecule has 0 bridgehead atoms. The number of nitrogens with zero attached hydrogens (tertiary/aromatic N) is 2. The van der Waals surface area contributed by atoms with Crippen LogP contribution in [-0.4, -0.2) is 32.8 Å². The van der Waals surface area contributed by atoms with Gasteiger partial charge in [-0.1, -0.05) is 17.7 Å². The number of aryl methyl sites for hydroxylation is 2. The molecular formula is C20H27ClN2O2. The van der Waals surface area contributed by atoms with Crippen molar-refractivity contribution in [2.45, 2.75) is 65.5 Å². The Labute approximate surface area is 154 Å². The topological polar surface area (TPSA) is 45.5 Å². The van der Waals surface area contributed by atoms with E-state index >= 15 is 0 Å². The van der Waals surface area contributed by atoms with Gasteiger partial charge in [0.15, 0.2) is 0 Å². The number of rotatable bonds is 3. The summed E-state index contributed by atoms with van der Waals surface area (Å²) >= 11 is 6.64. The molecule has 25 heavy (non-hydrogen) atoms. The summed E-state index contributed by atoms with van der Waals surface area (Å²) in [4.78, 5) is 13.3. The summed E-state index contributed by atoms with van der Waals surface area (Å²) in [6, 6.07) is 4.24. The minimum atomic E-state index is -0.874. The number of carboxylic acid groups (broad SMARTS) is 1. The van der Waals surface area contributed by atoms with E-state index < -0.39 is 11.6 Å². The lowest BCUT2D eigenvalue weighted by Crippen LogP contribution is -2.47. The second-order valence-corrected chi connectivity index (χ2v) is 8.53. The lowest BCUT2D eigenvalue weighted by Gasteiger charge is -2.36. The Morgan fingerprint density at radius 1 is 1.36 bits per heavy atom. The van der Waals surface area contributed by atoms with Gasteiger partial charge in [0.2, 0.25) is 0 Å². The molecule has 5 heteroatoms. The lowest BCUT2D eigenvalue weighted by molar-refractivity contribution is 0.0917. The molecule has 1 heterocycles. The van der Waals surface area contributed by atoms with Crippen molar-refractivity contribution in [2.75, 3.05) is 6.54 Å². The summed E-state index contributed by atoms with van der Waals surface area (Å²) in [6.07, 6.45) is 2.35. The van der Waals surface area contributed by atoms with Gasteiger partial charge in [0.25, 0.3) is 0 Å². The molecule has 1 aromatic carbocycles. The molecule has 1 N–H and O–H groups in total. The molecule has 136 valence electrons. The first-order valence-electron chi connectivity index (χ1n) is 8.94. The number of fused-ring (bicyclic) bond motifs is 3. The monoisotopic (exact) mass is 362 g/mol. The maximum absolute atomic E-state index is 11.7. The van der Waals surface area contributed by atoms with Gasteiger partial charge in [0.1, 0.15) is 0 Å². The first-order valence-corrected chi connectivity index (χ1v) is 9.32. The van der Waals surface area contributed by atoms with Crippen LogP contribution in [-0.2, 0) is 12.8 Å². The summed E-state index contributed by atoms with van der Waals surface area (Å²) < 4.78 is 2.32. The van der Waals surface area contributed by atoms with Crippen molar-refractivity contribution >= 4 is 28.6 Å². The van der Waals surface area contributed by atoms with Gasteiger partial charge in [0.05, 0.1) is 10.5 Å². The normalized spacial score (nSPS) is 15.4. The Kier molecular flexibility index (Phi) is 4.52. The van der Waals surface area contributed by atoms with E-state index in [1.54, 1.807) is 0 Å². The summed E-state index contributed by atoms with van der Waals surface area (Å²) in [7, 11) is 0. The second-order valence-electron chi connectivity index (χ2n) is 8.15. The second kappa shape index (κ2) is 6.24. The molecule has 1 aliphatic carbocycles. The zero-order valence-corrected chi connectivity index (χ0v) is 16.4. The van der Waals surface area contributed by atoms with Crippen molar-refractivity contribution in [1.82, 2.24) is 9.47 Å². The van der Waals surface area contributed by atoms with Gasteiger partial charge in [-0.15, -0.1) is 0 Å². The minimum Gasteiger partial charge on any atom is -0.465 e. The van der Waals surface area contributed by atoms with Crippen molar-refractivity contribution in [3.63, 3.8) is 0 Å². The van der Waals surface area contributed by atoms with Crippen LogP contribution >= 0.6 is 11.6 Å². The fraction of sp³-hybridized carbons (Fsp3) is 0.550. The Morgan fingerprint density at radius 2 is 2.04 bits per heavy atom. The van der Waals surface area contributed by atoms with Crippen molar-refractivity contribution in [3.05, 3.63) is 34.0 Å². The van der Waals surface area contributed by atoms with E-state index in [0.717, 1.165) is 35.4 Å². The fourth-order valence-electron chi connectivity index (χ4n) is 4.05. The molecular weight excluding hydrogens is 336 g/mol. The van der Waals surface area contributed by atoms with Crippen LogP contribution in [0.5, 0.6) is 0 Å². The van der Waals surface area contributed by atoms with Crippen LogP contribution in [0.4, 0.5) is 4.79 Å². The van der Waals surface area contributed by atoms with Crippen LogP contribution in [0, 0.1) is 6.92 Å². The van der Waals surface area contributed by atoms with Crippen LogP contribution in [0.15, 0.2) is 12.1 Å². The SMILES string of the molecule is Cc1ccc2c(c1Cl)c1c(n2C(C)CN(C(=O)O)C(C)(C)C)CCC1. The van der Waals surface area contributed by atoms with E-state index in [-0.39, 0.29) is 6.04 Å². The smallest absolute Gasteiger partial charge is 0.407 e. The average molecular weight is 363 g/mol. The quantitative estimate of drug-likeness (QED) is 0.791. The summed E-state index contributed by atoms with van der Waals surface area (Å²) in [5.74, 6) is 0. The highest BCUT2D eigenvalue weighted by molar-refractivity contribution is 6.36. The molecule has 1 amide bonds. The molecule has 0 fully saturated rings. The molecule has 0 spiro atoms. The third kappa shape index (κ3) is 3.01. The van der Waals surface area contributed by atoms with E-state index in [0.29, 0.717) is 6.54 Å². The highest BCUT2D eigenvalue weighted by Gasteiger charge is 2.31. The Morgan fingerprint density at radius 3 is 2.64 bits per heavy atom. The largest absolute Gasteiger partial charge is 0.465 e. The molecule has 4 nitrogen and oxygen atoms in total. The molecule has 0 saturated carbocycles. The van der Waals surface area contributed by atoms with Gasteiger partial charge in [0, 0.05) is 29.2 Å².